The van der Waals surface area contributed by atoms with Gasteiger partial charge in [0.1, 0.15) is 5.82 Å². The second-order valence-electron chi connectivity index (χ2n) is 5.11. The normalized spacial score (nSPS) is 16.1. The molecule has 0 spiro atoms. The van der Waals surface area contributed by atoms with Crippen LogP contribution in [0.1, 0.15) is 28.8 Å². The summed E-state index contributed by atoms with van der Waals surface area (Å²) >= 11 is 0. The van der Waals surface area contributed by atoms with Gasteiger partial charge in [0.2, 0.25) is 0 Å². The smallest absolute Gasteiger partial charge is 0.308 e. The zero-order valence-corrected chi connectivity index (χ0v) is 11.7. The maximum absolute atomic E-state index is 13.3. The number of amides is 1. The second-order valence-corrected chi connectivity index (χ2v) is 5.11. The summed E-state index contributed by atoms with van der Waals surface area (Å²) in [6.45, 7) is 2.74. The van der Waals surface area contributed by atoms with Crippen molar-refractivity contribution in [3.05, 3.63) is 35.1 Å². The lowest BCUT2D eigenvalue weighted by Crippen LogP contribution is -2.40. The van der Waals surface area contributed by atoms with Crippen LogP contribution >= 0.6 is 0 Å². The predicted octanol–water partition coefficient (Wildman–Crippen LogP) is 2.16. The Morgan fingerprint density at radius 2 is 1.90 bits per heavy atom. The zero-order valence-electron chi connectivity index (χ0n) is 11.7. The number of methoxy groups -OCH3 is 1. The standard InChI is InChI=1S/C15H18FNO3/c1-10-7-12(9-13(16)8-10)14(18)17-5-3-11(4-6-17)15(19)20-2/h7-9,11H,3-6H2,1-2H3. The van der Waals surface area contributed by atoms with Crippen molar-refractivity contribution in [1.29, 1.82) is 0 Å². The highest BCUT2D eigenvalue weighted by Crippen LogP contribution is 2.20. The monoisotopic (exact) mass is 279 g/mol. The Hall–Kier alpha value is -1.91. The lowest BCUT2D eigenvalue weighted by Gasteiger charge is -2.30. The van der Waals surface area contributed by atoms with Crippen LogP contribution in [0.2, 0.25) is 0 Å². The summed E-state index contributed by atoms with van der Waals surface area (Å²) in [5.74, 6) is -0.953. The quantitative estimate of drug-likeness (QED) is 0.779. The van der Waals surface area contributed by atoms with Crippen LogP contribution in [0.5, 0.6) is 0 Å². The highest BCUT2D eigenvalue weighted by Gasteiger charge is 2.28. The molecule has 1 aromatic rings. The number of rotatable bonds is 2. The lowest BCUT2D eigenvalue weighted by molar-refractivity contribution is -0.146. The molecular weight excluding hydrogens is 261 g/mol. The number of carbonyl (C=O) groups is 2. The van der Waals surface area contributed by atoms with Gasteiger partial charge in [0.05, 0.1) is 13.0 Å². The van der Waals surface area contributed by atoms with Gasteiger partial charge in [0, 0.05) is 18.7 Å². The van der Waals surface area contributed by atoms with E-state index >= 15 is 0 Å². The van der Waals surface area contributed by atoms with E-state index in [0.717, 1.165) is 5.56 Å². The third kappa shape index (κ3) is 3.15. The van der Waals surface area contributed by atoms with Gasteiger partial charge in [0.25, 0.3) is 5.91 Å². The number of carbonyl (C=O) groups excluding carboxylic acids is 2. The van der Waals surface area contributed by atoms with E-state index in [2.05, 4.69) is 0 Å². The molecule has 1 fully saturated rings. The molecule has 2 rings (SSSR count). The summed E-state index contributed by atoms with van der Waals surface area (Å²) in [7, 11) is 1.37. The fraction of sp³-hybridized carbons (Fsp3) is 0.467. The minimum Gasteiger partial charge on any atom is -0.469 e. The van der Waals surface area contributed by atoms with Crippen molar-refractivity contribution < 1.29 is 18.7 Å². The minimum absolute atomic E-state index is 0.140. The number of piperidine rings is 1. The van der Waals surface area contributed by atoms with E-state index in [4.69, 9.17) is 4.74 Å². The van der Waals surface area contributed by atoms with Gasteiger partial charge in [0.15, 0.2) is 0 Å². The van der Waals surface area contributed by atoms with Crippen molar-refractivity contribution >= 4 is 11.9 Å². The highest BCUT2D eigenvalue weighted by molar-refractivity contribution is 5.94. The third-order valence-corrected chi connectivity index (χ3v) is 3.61. The summed E-state index contributed by atoms with van der Waals surface area (Å²) in [6.07, 6.45) is 1.18. The number of hydrogen-bond acceptors (Lipinski definition) is 3. The molecular formula is C15H18FNO3. The van der Waals surface area contributed by atoms with Gasteiger partial charge in [-0.25, -0.2) is 4.39 Å². The molecule has 1 amide bonds. The van der Waals surface area contributed by atoms with Crippen LogP contribution in [0.15, 0.2) is 18.2 Å². The Kier molecular flexibility index (Phi) is 4.37. The minimum atomic E-state index is -0.405. The number of esters is 1. The Bertz CT molecular complexity index is 502. The van der Waals surface area contributed by atoms with Gasteiger partial charge >= 0.3 is 5.97 Å². The van der Waals surface area contributed by atoms with E-state index in [0.29, 0.717) is 31.5 Å². The summed E-state index contributed by atoms with van der Waals surface area (Å²) in [5.41, 5.74) is 1.08. The first-order chi connectivity index (χ1) is 9.51. The number of aryl methyl sites for hydroxylation is 1. The molecule has 0 saturated carbocycles. The van der Waals surface area contributed by atoms with E-state index in [9.17, 15) is 14.0 Å². The molecule has 0 N–H and O–H groups in total. The SMILES string of the molecule is COC(=O)C1CCN(C(=O)c2cc(C)cc(F)c2)CC1. The van der Waals surface area contributed by atoms with Gasteiger partial charge < -0.3 is 9.64 Å². The molecule has 0 bridgehead atoms. The first-order valence-electron chi connectivity index (χ1n) is 6.65. The number of halogens is 1. The van der Waals surface area contributed by atoms with Crippen molar-refractivity contribution in [3.63, 3.8) is 0 Å². The van der Waals surface area contributed by atoms with E-state index in [1.807, 2.05) is 0 Å². The fourth-order valence-corrected chi connectivity index (χ4v) is 2.53. The van der Waals surface area contributed by atoms with E-state index in [-0.39, 0.29) is 17.8 Å². The summed E-state index contributed by atoms with van der Waals surface area (Å²) < 4.78 is 18.0. The summed E-state index contributed by atoms with van der Waals surface area (Å²) in [5, 5.41) is 0. The van der Waals surface area contributed by atoms with Crippen LogP contribution in [0.3, 0.4) is 0 Å². The Balaban J connectivity index is 2.03. The van der Waals surface area contributed by atoms with Crippen molar-refractivity contribution in [2.24, 2.45) is 5.92 Å². The highest BCUT2D eigenvalue weighted by atomic mass is 19.1. The molecule has 108 valence electrons. The van der Waals surface area contributed by atoms with Crippen molar-refractivity contribution in [2.75, 3.05) is 20.2 Å². The van der Waals surface area contributed by atoms with Crippen molar-refractivity contribution in [2.45, 2.75) is 19.8 Å². The molecule has 0 atom stereocenters. The Morgan fingerprint density at radius 1 is 1.25 bits per heavy atom. The molecule has 0 aliphatic carbocycles. The molecule has 1 aliphatic heterocycles. The van der Waals surface area contributed by atoms with Crippen LogP contribution in [0, 0.1) is 18.7 Å². The third-order valence-electron chi connectivity index (χ3n) is 3.61. The van der Waals surface area contributed by atoms with Crippen LogP contribution in [-0.2, 0) is 9.53 Å². The maximum atomic E-state index is 13.3. The summed E-state index contributed by atoms with van der Waals surface area (Å²) in [4.78, 5) is 25.4. The largest absolute Gasteiger partial charge is 0.469 e. The van der Waals surface area contributed by atoms with Gasteiger partial charge in [-0.2, -0.15) is 0 Å². The average Bonchev–Trinajstić information content (AvgIpc) is 2.45. The molecule has 4 nitrogen and oxygen atoms in total. The zero-order chi connectivity index (χ0) is 14.7. The average molecular weight is 279 g/mol. The number of likely N-dealkylation sites (tertiary alicyclic amines) is 1. The lowest BCUT2D eigenvalue weighted by atomic mass is 9.96. The van der Waals surface area contributed by atoms with Crippen molar-refractivity contribution in [3.8, 4) is 0 Å². The topological polar surface area (TPSA) is 46.6 Å². The van der Waals surface area contributed by atoms with Crippen LogP contribution in [-0.4, -0.2) is 37.0 Å². The van der Waals surface area contributed by atoms with Crippen molar-refractivity contribution in [1.82, 2.24) is 4.90 Å². The number of nitrogens with zero attached hydrogens (tertiary/aromatic N) is 1. The van der Waals surface area contributed by atoms with E-state index in [1.165, 1.54) is 19.2 Å². The first-order valence-corrected chi connectivity index (χ1v) is 6.65. The molecule has 1 aromatic carbocycles. The molecule has 5 heteroatoms. The predicted molar refractivity (Wildman–Crippen MR) is 71.8 cm³/mol. The van der Waals surface area contributed by atoms with Gasteiger partial charge in [-0.05, 0) is 43.5 Å². The maximum Gasteiger partial charge on any atom is 0.308 e. The van der Waals surface area contributed by atoms with E-state index in [1.54, 1.807) is 17.9 Å². The molecule has 1 aliphatic rings. The van der Waals surface area contributed by atoms with Gasteiger partial charge in [-0.3, -0.25) is 9.59 Å². The number of hydrogen-bond donors (Lipinski definition) is 0. The molecule has 1 saturated heterocycles. The van der Waals surface area contributed by atoms with Gasteiger partial charge in [-0.15, -0.1) is 0 Å². The molecule has 0 radical (unpaired) electrons. The summed E-state index contributed by atoms with van der Waals surface area (Å²) in [6, 6.07) is 4.32. The van der Waals surface area contributed by atoms with Crippen LogP contribution in [0.25, 0.3) is 0 Å². The Labute approximate surface area is 117 Å². The second kappa shape index (κ2) is 6.03. The first kappa shape index (κ1) is 14.5. The van der Waals surface area contributed by atoms with Crippen LogP contribution < -0.4 is 0 Å². The number of benzene rings is 1. The number of ether oxygens (including phenoxy) is 1. The van der Waals surface area contributed by atoms with Gasteiger partial charge in [-0.1, -0.05) is 0 Å². The van der Waals surface area contributed by atoms with E-state index < -0.39 is 5.82 Å². The molecule has 1 heterocycles. The molecule has 0 unspecified atom stereocenters. The molecule has 0 aromatic heterocycles. The Morgan fingerprint density at radius 3 is 2.45 bits per heavy atom. The van der Waals surface area contributed by atoms with Crippen LogP contribution in [0.4, 0.5) is 4.39 Å². The fourth-order valence-electron chi connectivity index (χ4n) is 2.53. The molecule has 20 heavy (non-hydrogen) atoms.